The summed E-state index contributed by atoms with van der Waals surface area (Å²) in [6.07, 6.45) is 5.77. The van der Waals surface area contributed by atoms with E-state index in [1.807, 2.05) is 72.8 Å². The number of ether oxygens (including phenoxy) is 1. The molecule has 0 heterocycles. The normalized spacial score (nSPS) is 19.2. The number of esters is 1. The molecule has 0 bridgehead atoms. The van der Waals surface area contributed by atoms with Crippen LogP contribution in [0, 0.1) is 5.41 Å². The van der Waals surface area contributed by atoms with E-state index in [2.05, 4.69) is 0 Å². The Morgan fingerprint density at radius 2 is 1.64 bits per heavy atom. The van der Waals surface area contributed by atoms with Crippen molar-refractivity contribution in [3.05, 3.63) is 90.0 Å². The van der Waals surface area contributed by atoms with Gasteiger partial charge in [-0.1, -0.05) is 78.9 Å². The summed E-state index contributed by atoms with van der Waals surface area (Å²) in [7, 11) is 0. The Labute approximate surface area is 147 Å². The van der Waals surface area contributed by atoms with Crippen LogP contribution in [0.2, 0.25) is 0 Å². The number of hydrogen-bond donors (Lipinski definition) is 0. The molecular weight excluding hydrogens is 312 g/mol. The summed E-state index contributed by atoms with van der Waals surface area (Å²) >= 11 is 0. The molecule has 1 aliphatic rings. The van der Waals surface area contributed by atoms with Gasteiger partial charge in [-0.05, 0) is 30.0 Å². The van der Waals surface area contributed by atoms with Crippen LogP contribution in [-0.4, -0.2) is 11.8 Å². The second-order valence-corrected chi connectivity index (χ2v) is 6.15. The summed E-state index contributed by atoms with van der Waals surface area (Å²) in [5, 5.41) is 0. The lowest BCUT2D eigenvalue weighted by Gasteiger charge is -2.27. The van der Waals surface area contributed by atoms with Crippen LogP contribution in [0.25, 0.3) is 5.57 Å². The summed E-state index contributed by atoms with van der Waals surface area (Å²) in [6.45, 7) is 1.60. The Hall–Kier alpha value is -2.94. The van der Waals surface area contributed by atoms with Gasteiger partial charge in [-0.2, -0.15) is 0 Å². The molecular formula is C22H20O3. The quantitative estimate of drug-likeness (QED) is 0.604. The third-order valence-corrected chi connectivity index (χ3v) is 4.50. The second-order valence-electron chi connectivity index (χ2n) is 6.15. The van der Waals surface area contributed by atoms with Crippen LogP contribution in [0.15, 0.2) is 78.9 Å². The minimum Gasteiger partial charge on any atom is -0.460 e. The predicted octanol–water partition coefficient (Wildman–Crippen LogP) is 4.35. The Kier molecular flexibility index (Phi) is 4.94. The van der Waals surface area contributed by atoms with Crippen LogP contribution < -0.4 is 0 Å². The molecule has 0 aliphatic heterocycles. The van der Waals surface area contributed by atoms with Gasteiger partial charge in [-0.3, -0.25) is 9.59 Å². The van der Waals surface area contributed by atoms with Crippen molar-refractivity contribution in [2.75, 3.05) is 0 Å². The zero-order chi connectivity index (χ0) is 17.7. The van der Waals surface area contributed by atoms with E-state index >= 15 is 0 Å². The van der Waals surface area contributed by atoms with Crippen molar-refractivity contribution in [2.45, 2.75) is 20.0 Å². The zero-order valence-electron chi connectivity index (χ0n) is 14.1. The Morgan fingerprint density at radius 3 is 2.20 bits per heavy atom. The number of carbonyl (C=O) groups is 2. The molecule has 2 aromatic rings. The van der Waals surface area contributed by atoms with Gasteiger partial charge in [0.25, 0.3) is 0 Å². The molecule has 0 radical (unpaired) electrons. The van der Waals surface area contributed by atoms with Gasteiger partial charge in [0, 0.05) is 0 Å². The van der Waals surface area contributed by atoms with Crippen molar-refractivity contribution in [1.82, 2.24) is 0 Å². The van der Waals surface area contributed by atoms with E-state index in [4.69, 9.17) is 4.74 Å². The minimum atomic E-state index is -1.23. The maximum absolute atomic E-state index is 12.7. The summed E-state index contributed by atoms with van der Waals surface area (Å²) in [5.74, 6) is -0.700. The van der Waals surface area contributed by atoms with Crippen molar-refractivity contribution in [1.29, 1.82) is 0 Å². The van der Waals surface area contributed by atoms with Gasteiger partial charge in [0.2, 0.25) is 0 Å². The first-order valence-electron chi connectivity index (χ1n) is 8.29. The number of rotatable bonds is 5. The fourth-order valence-electron chi connectivity index (χ4n) is 2.89. The molecule has 3 heteroatoms. The number of Topliss-reactive ketones (excluding diaryl/α,β-unsaturated/α-hetero) is 1. The second kappa shape index (κ2) is 7.31. The van der Waals surface area contributed by atoms with Gasteiger partial charge in [0.1, 0.15) is 12.0 Å². The zero-order valence-corrected chi connectivity index (χ0v) is 14.1. The fraction of sp³-hybridized carbons (Fsp3) is 0.182. The maximum Gasteiger partial charge on any atom is 0.324 e. The topological polar surface area (TPSA) is 43.4 Å². The fourth-order valence-corrected chi connectivity index (χ4v) is 2.89. The first-order chi connectivity index (χ1) is 12.1. The van der Waals surface area contributed by atoms with Crippen LogP contribution in [-0.2, 0) is 20.9 Å². The number of allylic oxidation sites excluding steroid dienone is 3. The average Bonchev–Trinajstić information content (AvgIpc) is 2.67. The van der Waals surface area contributed by atoms with E-state index in [9.17, 15) is 9.59 Å². The molecule has 126 valence electrons. The van der Waals surface area contributed by atoms with Crippen molar-refractivity contribution in [2.24, 2.45) is 5.41 Å². The molecule has 1 unspecified atom stereocenters. The smallest absolute Gasteiger partial charge is 0.324 e. The Balaban J connectivity index is 1.75. The summed E-state index contributed by atoms with van der Waals surface area (Å²) < 4.78 is 5.43. The van der Waals surface area contributed by atoms with E-state index in [0.717, 1.165) is 16.7 Å². The lowest BCUT2D eigenvalue weighted by molar-refractivity contribution is -0.157. The lowest BCUT2D eigenvalue weighted by atomic mass is 9.76. The largest absolute Gasteiger partial charge is 0.460 e. The molecule has 0 aromatic heterocycles. The first kappa shape index (κ1) is 16.9. The van der Waals surface area contributed by atoms with E-state index < -0.39 is 11.4 Å². The van der Waals surface area contributed by atoms with Crippen LogP contribution in [0.1, 0.15) is 24.5 Å². The van der Waals surface area contributed by atoms with Crippen molar-refractivity contribution in [3.63, 3.8) is 0 Å². The van der Waals surface area contributed by atoms with E-state index in [-0.39, 0.29) is 12.4 Å². The van der Waals surface area contributed by atoms with Crippen LogP contribution >= 0.6 is 0 Å². The summed E-state index contributed by atoms with van der Waals surface area (Å²) in [5.41, 5.74) is 1.74. The molecule has 3 rings (SSSR count). The molecule has 0 N–H and O–H groups in total. The maximum atomic E-state index is 12.7. The van der Waals surface area contributed by atoms with E-state index in [1.54, 1.807) is 6.08 Å². The number of benzene rings is 2. The van der Waals surface area contributed by atoms with E-state index in [0.29, 0.717) is 6.42 Å². The highest BCUT2D eigenvalue weighted by Gasteiger charge is 2.43. The van der Waals surface area contributed by atoms with Gasteiger partial charge in [-0.15, -0.1) is 0 Å². The van der Waals surface area contributed by atoms with Crippen LogP contribution in [0.4, 0.5) is 0 Å². The van der Waals surface area contributed by atoms with Gasteiger partial charge in [0.15, 0.2) is 5.78 Å². The number of ketones is 1. The highest BCUT2D eigenvalue weighted by Crippen LogP contribution is 2.35. The van der Waals surface area contributed by atoms with Crippen molar-refractivity contribution in [3.8, 4) is 0 Å². The summed E-state index contributed by atoms with van der Waals surface area (Å²) in [4.78, 5) is 24.9. The minimum absolute atomic E-state index is 0.164. The first-order valence-corrected chi connectivity index (χ1v) is 8.29. The Morgan fingerprint density at radius 1 is 1.00 bits per heavy atom. The average molecular weight is 332 g/mol. The van der Waals surface area contributed by atoms with Gasteiger partial charge < -0.3 is 4.74 Å². The van der Waals surface area contributed by atoms with Crippen LogP contribution in [0.3, 0.4) is 0 Å². The Bertz CT molecular complexity index is 819. The number of hydrogen-bond acceptors (Lipinski definition) is 3. The molecule has 3 nitrogen and oxygen atoms in total. The number of carbonyl (C=O) groups excluding carboxylic acids is 2. The lowest BCUT2D eigenvalue weighted by Crippen LogP contribution is -2.38. The molecule has 25 heavy (non-hydrogen) atoms. The molecule has 1 atom stereocenters. The molecule has 0 saturated heterocycles. The third-order valence-electron chi connectivity index (χ3n) is 4.50. The molecule has 0 spiro atoms. The van der Waals surface area contributed by atoms with Gasteiger partial charge >= 0.3 is 5.97 Å². The SMILES string of the molecule is CC(=O)C1(C(=O)OCc2ccccc2)C=CC(c2ccccc2)=CC1. The highest BCUT2D eigenvalue weighted by molar-refractivity contribution is 6.06. The third kappa shape index (κ3) is 3.61. The molecule has 0 saturated carbocycles. The standard InChI is InChI=1S/C22H20O3/c1-17(23)22(21(24)25-16-18-8-4-2-5-9-18)14-12-20(13-15-22)19-10-6-3-7-11-19/h2-14H,15-16H2,1H3. The van der Waals surface area contributed by atoms with E-state index in [1.165, 1.54) is 6.92 Å². The van der Waals surface area contributed by atoms with Crippen LogP contribution in [0.5, 0.6) is 0 Å². The molecule has 0 amide bonds. The van der Waals surface area contributed by atoms with Crippen molar-refractivity contribution >= 4 is 17.3 Å². The molecule has 1 aliphatic carbocycles. The van der Waals surface area contributed by atoms with Gasteiger partial charge in [-0.25, -0.2) is 0 Å². The molecule has 2 aromatic carbocycles. The molecule has 0 fully saturated rings. The van der Waals surface area contributed by atoms with Crippen molar-refractivity contribution < 1.29 is 14.3 Å². The highest BCUT2D eigenvalue weighted by atomic mass is 16.5. The monoisotopic (exact) mass is 332 g/mol. The summed E-state index contributed by atoms with van der Waals surface area (Å²) in [6, 6.07) is 19.3. The predicted molar refractivity (Wildman–Crippen MR) is 97.5 cm³/mol. The van der Waals surface area contributed by atoms with Gasteiger partial charge in [0.05, 0.1) is 0 Å².